The molecule has 2 nitrogen and oxygen atoms in total. The number of carbonyl (C=O) groups is 1. The first-order valence-corrected chi connectivity index (χ1v) is 6.06. The van der Waals surface area contributed by atoms with E-state index >= 15 is 0 Å². The Morgan fingerprint density at radius 3 is 2.69 bits per heavy atom. The Morgan fingerprint density at radius 2 is 2.00 bits per heavy atom. The molecule has 2 fully saturated rings. The van der Waals surface area contributed by atoms with Crippen LogP contribution in [0.4, 0.5) is 0 Å². The monoisotopic (exact) mass is 215 g/mol. The van der Waals surface area contributed by atoms with Gasteiger partial charge >= 0.3 is 0 Å². The average molecular weight is 215 g/mol. The summed E-state index contributed by atoms with van der Waals surface area (Å²) in [7, 11) is 0. The summed E-state index contributed by atoms with van der Waals surface area (Å²) in [5, 5.41) is 0. The van der Waals surface area contributed by atoms with Gasteiger partial charge < -0.3 is 4.90 Å². The summed E-state index contributed by atoms with van der Waals surface area (Å²) in [6, 6.07) is 10.7. The van der Waals surface area contributed by atoms with Crippen molar-refractivity contribution in [1.29, 1.82) is 0 Å². The summed E-state index contributed by atoms with van der Waals surface area (Å²) in [4.78, 5) is 13.3. The predicted molar refractivity (Wildman–Crippen MR) is 63.0 cm³/mol. The number of hydrogen-bond donors (Lipinski definition) is 0. The standard InChI is InChI=1S/C14H17NO/c1-10(16)15-8-12-7-13(14(12)9-15)11-5-3-2-4-6-11/h2-6,12-14H,7-9H2,1H3/t12-,13-,14+/m0/s1. The molecule has 0 aromatic heterocycles. The van der Waals surface area contributed by atoms with Crippen LogP contribution in [0, 0.1) is 11.8 Å². The second kappa shape index (κ2) is 3.62. The number of rotatable bonds is 1. The SMILES string of the molecule is CC(=O)N1C[C@@H]2C[C@@H](c3ccccc3)[C@@H]2C1. The van der Waals surface area contributed by atoms with Gasteiger partial charge in [0.1, 0.15) is 0 Å². The third-order valence-electron chi connectivity index (χ3n) is 4.24. The van der Waals surface area contributed by atoms with Crippen molar-refractivity contribution in [2.24, 2.45) is 11.8 Å². The zero-order chi connectivity index (χ0) is 11.1. The van der Waals surface area contributed by atoms with Gasteiger partial charge in [0.05, 0.1) is 0 Å². The molecule has 0 radical (unpaired) electrons. The van der Waals surface area contributed by atoms with Crippen LogP contribution in [0.3, 0.4) is 0 Å². The van der Waals surface area contributed by atoms with Crippen LogP contribution < -0.4 is 0 Å². The van der Waals surface area contributed by atoms with Gasteiger partial charge in [-0.15, -0.1) is 0 Å². The fourth-order valence-electron chi connectivity index (χ4n) is 3.25. The highest BCUT2D eigenvalue weighted by Crippen LogP contribution is 2.51. The highest BCUT2D eigenvalue weighted by atomic mass is 16.2. The van der Waals surface area contributed by atoms with Crippen molar-refractivity contribution < 1.29 is 4.79 Å². The van der Waals surface area contributed by atoms with E-state index in [1.54, 1.807) is 6.92 Å². The van der Waals surface area contributed by atoms with E-state index in [9.17, 15) is 4.79 Å². The minimum Gasteiger partial charge on any atom is -0.342 e. The molecule has 2 heteroatoms. The molecule has 0 N–H and O–H groups in total. The fraction of sp³-hybridized carbons (Fsp3) is 0.500. The van der Waals surface area contributed by atoms with Crippen LogP contribution in [-0.4, -0.2) is 23.9 Å². The molecular weight excluding hydrogens is 198 g/mol. The van der Waals surface area contributed by atoms with Crippen LogP contribution in [0.25, 0.3) is 0 Å². The first kappa shape index (κ1) is 9.88. The average Bonchev–Trinajstić information content (AvgIpc) is 2.59. The van der Waals surface area contributed by atoms with Gasteiger partial charge in [0.15, 0.2) is 0 Å². The number of hydrogen-bond acceptors (Lipinski definition) is 1. The van der Waals surface area contributed by atoms with E-state index in [1.807, 2.05) is 4.90 Å². The molecule has 84 valence electrons. The Kier molecular flexibility index (Phi) is 2.23. The normalized spacial score (nSPS) is 32.1. The van der Waals surface area contributed by atoms with Crippen molar-refractivity contribution in [2.75, 3.05) is 13.1 Å². The van der Waals surface area contributed by atoms with Crippen LogP contribution in [0.1, 0.15) is 24.8 Å². The third-order valence-corrected chi connectivity index (χ3v) is 4.24. The topological polar surface area (TPSA) is 20.3 Å². The molecule has 1 heterocycles. The Hall–Kier alpha value is -1.31. The molecule has 16 heavy (non-hydrogen) atoms. The molecule has 1 amide bonds. The number of benzene rings is 1. The van der Waals surface area contributed by atoms with E-state index in [0.29, 0.717) is 11.8 Å². The summed E-state index contributed by atoms with van der Waals surface area (Å²) >= 11 is 0. The highest BCUT2D eigenvalue weighted by molar-refractivity contribution is 5.73. The van der Waals surface area contributed by atoms with Gasteiger partial charge in [-0.25, -0.2) is 0 Å². The van der Waals surface area contributed by atoms with Crippen molar-refractivity contribution in [1.82, 2.24) is 4.90 Å². The molecule has 0 unspecified atom stereocenters. The Labute approximate surface area is 96.3 Å². The van der Waals surface area contributed by atoms with Gasteiger partial charge in [0.25, 0.3) is 0 Å². The summed E-state index contributed by atoms with van der Waals surface area (Å²) in [5.74, 6) is 2.40. The molecule has 3 rings (SSSR count). The zero-order valence-electron chi connectivity index (χ0n) is 9.60. The molecule has 1 aliphatic carbocycles. The largest absolute Gasteiger partial charge is 0.342 e. The van der Waals surface area contributed by atoms with Crippen LogP contribution in [0.15, 0.2) is 30.3 Å². The minimum absolute atomic E-state index is 0.237. The number of carbonyl (C=O) groups excluding carboxylic acids is 1. The van der Waals surface area contributed by atoms with Crippen LogP contribution >= 0.6 is 0 Å². The van der Waals surface area contributed by atoms with Crippen molar-refractivity contribution in [3.63, 3.8) is 0 Å². The number of nitrogens with zero attached hydrogens (tertiary/aromatic N) is 1. The summed E-state index contributed by atoms with van der Waals surface area (Å²) < 4.78 is 0. The fourth-order valence-corrected chi connectivity index (χ4v) is 3.25. The second-order valence-corrected chi connectivity index (χ2v) is 5.10. The Balaban J connectivity index is 1.73. The summed E-state index contributed by atoms with van der Waals surface area (Å²) in [6.07, 6.45) is 1.26. The van der Waals surface area contributed by atoms with Crippen molar-refractivity contribution in [3.05, 3.63) is 35.9 Å². The smallest absolute Gasteiger partial charge is 0.219 e. The lowest BCUT2D eigenvalue weighted by molar-refractivity contribution is -0.127. The molecular formula is C14H17NO. The molecule has 0 bridgehead atoms. The van der Waals surface area contributed by atoms with Gasteiger partial charge in [-0.3, -0.25) is 4.79 Å². The molecule has 2 aliphatic rings. The van der Waals surface area contributed by atoms with E-state index in [4.69, 9.17) is 0 Å². The molecule has 3 atom stereocenters. The second-order valence-electron chi connectivity index (χ2n) is 5.10. The molecule has 1 aromatic rings. The lowest BCUT2D eigenvalue weighted by atomic mass is 9.64. The number of fused-ring (bicyclic) bond motifs is 1. The quantitative estimate of drug-likeness (QED) is 0.703. The van der Waals surface area contributed by atoms with Gasteiger partial charge in [0, 0.05) is 20.0 Å². The van der Waals surface area contributed by atoms with Gasteiger partial charge in [-0.05, 0) is 29.7 Å². The molecule has 1 aromatic carbocycles. The molecule has 1 saturated heterocycles. The summed E-state index contributed by atoms with van der Waals surface area (Å²) in [6.45, 7) is 3.64. The van der Waals surface area contributed by atoms with E-state index in [0.717, 1.165) is 19.0 Å². The Bertz CT molecular complexity index is 400. The van der Waals surface area contributed by atoms with Crippen LogP contribution in [-0.2, 0) is 4.79 Å². The third kappa shape index (κ3) is 1.44. The lowest BCUT2D eigenvalue weighted by Gasteiger charge is -2.39. The zero-order valence-corrected chi connectivity index (χ0v) is 9.60. The van der Waals surface area contributed by atoms with Gasteiger partial charge in [-0.1, -0.05) is 30.3 Å². The lowest BCUT2D eigenvalue weighted by Crippen LogP contribution is -2.33. The van der Waals surface area contributed by atoms with Crippen LogP contribution in [0.2, 0.25) is 0 Å². The van der Waals surface area contributed by atoms with E-state index < -0.39 is 0 Å². The number of likely N-dealkylation sites (tertiary alicyclic amines) is 1. The first-order chi connectivity index (χ1) is 7.75. The van der Waals surface area contributed by atoms with Gasteiger partial charge in [0.2, 0.25) is 5.91 Å². The van der Waals surface area contributed by atoms with E-state index in [-0.39, 0.29) is 5.91 Å². The number of amides is 1. The van der Waals surface area contributed by atoms with Crippen molar-refractivity contribution >= 4 is 5.91 Å². The van der Waals surface area contributed by atoms with Crippen molar-refractivity contribution in [2.45, 2.75) is 19.3 Å². The molecule has 1 saturated carbocycles. The van der Waals surface area contributed by atoms with E-state index in [2.05, 4.69) is 30.3 Å². The summed E-state index contributed by atoms with van der Waals surface area (Å²) in [5.41, 5.74) is 1.45. The van der Waals surface area contributed by atoms with Gasteiger partial charge in [-0.2, -0.15) is 0 Å². The maximum atomic E-state index is 11.3. The van der Waals surface area contributed by atoms with Crippen molar-refractivity contribution in [3.8, 4) is 0 Å². The Morgan fingerprint density at radius 1 is 1.25 bits per heavy atom. The first-order valence-electron chi connectivity index (χ1n) is 6.06. The minimum atomic E-state index is 0.237. The highest BCUT2D eigenvalue weighted by Gasteiger charge is 2.47. The molecule has 0 spiro atoms. The van der Waals surface area contributed by atoms with E-state index in [1.165, 1.54) is 12.0 Å². The molecule has 1 aliphatic heterocycles. The maximum Gasteiger partial charge on any atom is 0.219 e. The van der Waals surface area contributed by atoms with Crippen LogP contribution in [0.5, 0.6) is 0 Å². The maximum absolute atomic E-state index is 11.3. The predicted octanol–water partition coefficient (Wildman–Crippen LogP) is 2.27.